The molecule has 16 heavy (non-hydrogen) atoms. The van der Waals surface area contributed by atoms with Gasteiger partial charge in [0.2, 0.25) is 0 Å². The first-order chi connectivity index (χ1) is 7.69. The van der Waals surface area contributed by atoms with Crippen molar-refractivity contribution in [3.8, 4) is 0 Å². The maximum absolute atomic E-state index is 12.3. The van der Waals surface area contributed by atoms with Gasteiger partial charge >= 0.3 is 100 Å². The molecule has 4 heteroatoms. The van der Waals surface area contributed by atoms with Crippen molar-refractivity contribution in [2.45, 2.75) is 9.79 Å². The van der Waals surface area contributed by atoms with E-state index < -0.39 is 9.84 Å². The maximum atomic E-state index is 12.3. The normalized spacial score (nSPS) is 16.2. The molecular weight excluding hydrogens is 287 g/mol. The van der Waals surface area contributed by atoms with E-state index in [1.54, 1.807) is 24.3 Å². The van der Waals surface area contributed by atoms with Gasteiger partial charge in [-0.05, 0) is 0 Å². The van der Waals surface area contributed by atoms with Gasteiger partial charge in [-0.1, -0.05) is 0 Å². The summed E-state index contributed by atoms with van der Waals surface area (Å²) in [5.41, 5.74) is 0. The molecule has 0 fully saturated rings. The quantitative estimate of drug-likeness (QED) is 0.566. The van der Waals surface area contributed by atoms with E-state index >= 15 is 0 Å². The molecule has 0 bridgehead atoms. The van der Waals surface area contributed by atoms with E-state index in [1.165, 1.54) is 0 Å². The molecule has 0 amide bonds. The molecular formula is C12H8O2SSe. The number of fused-ring (bicyclic) bond motifs is 2. The van der Waals surface area contributed by atoms with E-state index in [4.69, 9.17) is 0 Å². The van der Waals surface area contributed by atoms with Crippen LogP contribution in [0, 0.1) is 0 Å². The second-order valence-electron chi connectivity index (χ2n) is 3.50. The number of hydrogen-bond donors (Lipinski definition) is 0. The third kappa shape index (κ3) is 1.34. The zero-order chi connectivity index (χ0) is 11.2. The van der Waals surface area contributed by atoms with Gasteiger partial charge in [0.05, 0.1) is 0 Å². The molecule has 0 aliphatic carbocycles. The fraction of sp³-hybridized carbons (Fsp3) is 0. The van der Waals surface area contributed by atoms with E-state index in [2.05, 4.69) is 0 Å². The summed E-state index contributed by atoms with van der Waals surface area (Å²) in [7, 11) is -3.29. The molecule has 0 saturated heterocycles. The van der Waals surface area contributed by atoms with Crippen LogP contribution in [0.3, 0.4) is 0 Å². The molecule has 80 valence electrons. The Labute approximate surface area is 100 Å². The van der Waals surface area contributed by atoms with Crippen molar-refractivity contribution in [3.63, 3.8) is 0 Å². The molecule has 1 aliphatic heterocycles. The number of benzene rings is 2. The first kappa shape index (κ1) is 10.1. The zero-order valence-corrected chi connectivity index (χ0v) is 10.8. The molecule has 2 aromatic rings. The Hall–Kier alpha value is -1.09. The molecule has 2 aromatic carbocycles. The molecule has 0 atom stereocenters. The molecule has 3 rings (SSSR count). The van der Waals surface area contributed by atoms with Gasteiger partial charge in [-0.2, -0.15) is 0 Å². The summed E-state index contributed by atoms with van der Waals surface area (Å²) >= 11 is 0.0957. The van der Waals surface area contributed by atoms with Crippen molar-refractivity contribution < 1.29 is 8.42 Å². The molecule has 0 radical (unpaired) electrons. The van der Waals surface area contributed by atoms with E-state index in [9.17, 15) is 8.42 Å². The van der Waals surface area contributed by atoms with Crippen molar-refractivity contribution in [1.82, 2.24) is 0 Å². The van der Waals surface area contributed by atoms with Gasteiger partial charge in [-0.25, -0.2) is 0 Å². The van der Waals surface area contributed by atoms with E-state index in [0.717, 1.165) is 8.92 Å². The second-order valence-corrected chi connectivity index (χ2v) is 7.66. The molecule has 0 spiro atoms. The third-order valence-electron chi connectivity index (χ3n) is 2.50. The summed E-state index contributed by atoms with van der Waals surface area (Å²) in [4.78, 5) is 0.961. The minimum atomic E-state index is -3.29. The van der Waals surface area contributed by atoms with Crippen LogP contribution in [0.25, 0.3) is 0 Å². The van der Waals surface area contributed by atoms with Crippen LogP contribution in [0.2, 0.25) is 0 Å². The van der Waals surface area contributed by atoms with Crippen molar-refractivity contribution >= 4 is 33.7 Å². The van der Waals surface area contributed by atoms with Gasteiger partial charge in [0.1, 0.15) is 0 Å². The Morgan fingerprint density at radius 2 is 1.19 bits per heavy atom. The van der Waals surface area contributed by atoms with Crippen LogP contribution >= 0.6 is 0 Å². The first-order valence-corrected chi connectivity index (χ1v) is 8.00. The van der Waals surface area contributed by atoms with Crippen LogP contribution in [-0.4, -0.2) is 23.4 Å². The average molecular weight is 295 g/mol. The number of rotatable bonds is 0. The van der Waals surface area contributed by atoms with Gasteiger partial charge in [0.25, 0.3) is 0 Å². The Balaban J connectivity index is 2.37. The van der Waals surface area contributed by atoms with Gasteiger partial charge in [0, 0.05) is 0 Å². The summed E-state index contributed by atoms with van der Waals surface area (Å²) < 4.78 is 26.5. The summed E-state index contributed by atoms with van der Waals surface area (Å²) in [6, 6.07) is 14.5. The molecule has 0 saturated carbocycles. The third-order valence-corrected chi connectivity index (χ3v) is 7.37. The zero-order valence-electron chi connectivity index (χ0n) is 8.25. The monoisotopic (exact) mass is 296 g/mol. The van der Waals surface area contributed by atoms with Crippen LogP contribution < -0.4 is 8.92 Å². The molecule has 1 aliphatic rings. The fourth-order valence-electron chi connectivity index (χ4n) is 1.75. The summed E-state index contributed by atoms with van der Waals surface area (Å²) in [5.74, 6) is 0. The summed E-state index contributed by atoms with van der Waals surface area (Å²) in [6.45, 7) is 0. The van der Waals surface area contributed by atoms with Gasteiger partial charge < -0.3 is 0 Å². The van der Waals surface area contributed by atoms with Gasteiger partial charge in [-0.15, -0.1) is 0 Å². The van der Waals surface area contributed by atoms with E-state index in [0.29, 0.717) is 9.79 Å². The summed E-state index contributed by atoms with van der Waals surface area (Å²) in [6.07, 6.45) is 0. The predicted molar refractivity (Wildman–Crippen MR) is 63.4 cm³/mol. The Kier molecular flexibility index (Phi) is 2.18. The van der Waals surface area contributed by atoms with Crippen LogP contribution in [0.4, 0.5) is 0 Å². The van der Waals surface area contributed by atoms with Crippen LogP contribution in [0.5, 0.6) is 0 Å². The van der Waals surface area contributed by atoms with Crippen LogP contribution in [-0.2, 0) is 9.84 Å². The average Bonchev–Trinajstić information content (AvgIpc) is 2.29. The number of hydrogen-bond acceptors (Lipinski definition) is 2. The van der Waals surface area contributed by atoms with Gasteiger partial charge in [-0.3, -0.25) is 0 Å². The molecule has 0 aromatic heterocycles. The van der Waals surface area contributed by atoms with Gasteiger partial charge in [0.15, 0.2) is 0 Å². The van der Waals surface area contributed by atoms with Crippen molar-refractivity contribution in [1.29, 1.82) is 0 Å². The predicted octanol–water partition coefficient (Wildman–Crippen LogP) is 0.488. The van der Waals surface area contributed by atoms with Crippen LogP contribution in [0.1, 0.15) is 0 Å². The molecule has 2 nitrogen and oxygen atoms in total. The Morgan fingerprint density at radius 1 is 0.750 bits per heavy atom. The Bertz CT molecular complexity index is 611. The number of sulfone groups is 1. The SMILES string of the molecule is O=S1(=O)c2ccccc2[Se]c2ccccc21. The topological polar surface area (TPSA) is 34.1 Å². The van der Waals surface area contributed by atoms with Crippen molar-refractivity contribution in [2.24, 2.45) is 0 Å². The fourth-order valence-corrected chi connectivity index (χ4v) is 6.80. The first-order valence-electron chi connectivity index (χ1n) is 4.80. The van der Waals surface area contributed by atoms with Crippen LogP contribution in [0.15, 0.2) is 58.3 Å². The van der Waals surface area contributed by atoms with E-state index in [1.807, 2.05) is 24.3 Å². The minimum absolute atomic E-state index is 0.0957. The molecule has 1 heterocycles. The van der Waals surface area contributed by atoms with Crippen molar-refractivity contribution in [3.05, 3.63) is 48.5 Å². The Morgan fingerprint density at radius 3 is 1.69 bits per heavy atom. The van der Waals surface area contributed by atoms with E-state index in [-0.39, 0.29) is 15.0 Å². The standard InChI is InChI=1S/C12H8O2SSe/c13-15(14)9-5-1-3-7-11(9)16-12-8-4-2-6-10(12)15/h1-8H. The molecule has 0 N–H and O–H groups in total. The molecule has 0 unspecified atom stereocenters. The van der Waals surface area contributed by atoms with Crippen molar-refractivity contribution in [2.75, 3.05) is 0 Å². The summed E-state index contributed by atoms with van der Waals surface area (Å²) in [5, 5.41) is 0. The second kappa shape index (κ2) is 3.45.